The van der Waals surface area contributed by atoms with Gasteiger partial charge in [0.2, 0.25) is 0 Å². The third kappa shape index (κ3) is 7.95. The van der Waals surface area contributed by atoms with E-state index in [1.165, 1.54) is 18.2 Å². The minimum Gasteiger partial charge on any atom is -0.337 e. The van der Waals surface area contributed by atoms with E-state index in [9.17, 15) is 22.8 Å². The average molecular weight is 749 g/mol. The van der Waals surface area contributed by atoms with Gasteiger partial charge in [-0.1, -0.05) is 75.2 Å². The van der Waals surface area contributed by atoms with Crippen LogP contribution in [0.1, 0.15) is 87.4 Å². The van der Waals surface area contributed by atoms with Crippen LogP contribution in [0.5, 0.6) is 0 Å². The van der Waals surface area contributed by atoms with Crippen molar-refractivity contribution in [2.45, 2.75) is 70.4 Å². The molecule has 282 valence electrons. The molecule has 0 unspecified atom stereocenters. The molecule has 4 aromatic carbocycles. The van der Waals surface area contributed by atoms with Gasteiger partial charge in [-0.3, -0.25) is 14.4 Å². The highest BCUT2D eigenvalue weighted by Crippen LogP contribution is 2.31. The zero-order chi connectivity index (χ0) is 38.6. The van der Waals surface area contributed by atoms with E-state index in [1.54, 1.807) is 40.9 Å². The lowest BCUT2D eigenvalue weighted by molar-refractivity contribution is 0.0648. The van der Waals surface area contributed by atoms with Gasteiger partial charge in [-0.05, 0) is 84.0 Å². The van der Waals surface area contributed by atoms with Gasteiger partial charge in [-0.2, -0.15) is 0 Å². The van der Waals surface area contributed by atoms with Crippen molar-refractivity contribution < 1.29 is 22.8 Å². The molecule has 0 bridgehead atoms. The van der Waals surface area contributed by atoms with Crippen molar-refractivity contribution in [1.29, 1.82) is 0 Å². The van der Waals surface area contributed by atoms with Gasteiger partial charge in [0.1, 0.15) is 11.5 Å². The standard InChI is InChI=1S/C42H48N6O5S/c1-5-7-20-47(21-8-6-2)42(51)38-27-46(4)39(44-38)35-19-17-31(23-37(35)41(50)48-26-32-14-10-9-13-30(32)22-33(48)25-43)40(49)45-54(52,53)34-18-16-29-15-11-12-28(3)36(29)24-34/h9-19,23-24,27,33H,5-8,20-22,25-26,43H2,1-4H3,(H,45,49)/t33-/m0/s1. The van der Waals surface area contributed by atoms with E-state index in [-0.39, 0.29) is 46.1 Å². The van der Waals surface area contributed by atoms with Gasteiger partial charge >= 0.3 is 0 Å². The maximum absolute atomic E-state index is 14.7. The molecule has 3 amide bonds. The number of unbranched alkanes of at least 4 members (excludes halogenated alkanes) is 2. The average Bonchev–Trinajstić information content (AvgIpc) is 3.57. The first kappa shape index (κ1) is 38.4. The van der Waals surface area contributed by atoms with E-state index in [1.807, 2.05) is 54.3 Å². The summed E-state index contributed by atoms with van der Waals surface area (Å²) in [5.41, 5.74) is 10.0. The fourth-order valence-electron chi connectivity index (χ4n) is 7.06. The van der Waals surface area contributed by atoms with Crippen molar-refractivity contribution in [3.63, 3.8) is 0 Å². The molecule has 0 spiro atoms. The zero-order valence-corrected chi connectivity index (χ0v) is 32.2. The molecule has 1 aliphatic rings. The number of imidazole rings is 1. The molecule has 2 heterocycles. The minimum absolute atomic E-state index is 0.0276. The van der Waals surface area contributed by atoms with Crippen LogP contribution in [-0.4, -0.2) is 71.2 Å². The van der Waals surface area contributed by atoms with Gasteiger partial charge in [-0.15, -0.1) is 0 Å². The summed E-state index contributed by atoms with van der Waals surface area (Å²) in [6.07, 6.45) is 5.86. The number of amides is 3. The number of aromatic nitrogens is 2. The van der Waals surface area contributed by atoms with Crippen LogP contribution in [0.2, 0.25) is 0 Å². The molecule has 0 saturated carbocycles. The van der Waals surface area contributed by atoms with Crippen molar-refractivity contribution in [3.05, 3.63) is 119 Å². The van der Waals surface area contributed by atoms with E-state index in [0.29, 0.717) is 37.4 Å². The molecular weight excluding hydrogens is 701 g/mol. The SMILES string of the molecule is CCCCN(CCCC)C(=O)c1cn(C)c(-c2ccc(C(=O)NS(=O)(=O)c3ccc4cccc(C)c4c3)cc2C(=O)N2Cc3ccccc3C[C@H]2CN)n1. The molecule has 3 N–H and O–H groups in total. The monoisotopic (exact) mass is 748 g/mol. The smallest absolute Gasteiger partial charge is 0.274 e. The first-order valence-corrected chi connectivity index (χ1v) is 20.0. The highest BCUT2D eigenvalue weighted by Gasteiger charge is 2.33. The summed E-state index contributed by atoms with van der Waals surface area (Å²) < 4.78 is 31.0. The number of nitrogens with one attached hydrogen (secondary N) is 1. The van der Waals surface area contributed by atoms with E-state index < -0.39 is 15.9 Å². The third-order valence-corrected chi connectivity index (χ3v) is 11.5. The Kier molecular flexibility index (Phi) is 11.6. The molecule has 6 rings (SSSR count). The third-order valence-electron chi connectivity index (χ3n) is 10.2. The fraction of sp³-hybridized carbons (Fsp3) is 0.333. The van der Waals surface area contributed by atoms with Crippen molar-refractivity contribution in [1.82, 2.24) is 24.1 Å². The molecular formula is C42H48N6O5S. The Balaban J connectivity index is 1.39. The maximum atomic E-state index is 14.7. The van der Waals surface area contributed by atoms with E-state index in [0.717, 1.165) is 53.1 Å². The first-order valence-electron chi connectivity index (χ1n) is 18.6. The van der Waals surface area contributed by atoms with E-state index in [4.69, 9.17) is 10.7 Å². The maximum Gasteiger partial charge on any atom is 0.274 e. The summed E-state index contributed by atoms with van der Waals surface area (Å²) in [5.74, 6) is -1.10. The molecule has 1 aromatic heterocycles. The number of hydrogen-bond donors (Lipinski definition) is 2. The molecule has 0 radical (unpaired) electrons. The van der Waals surface area contributed by atoms with Crippen molar-refractivity contribution >= 4 is 38.5 Å². The number of benzene rings is 4. The molecule has 0 fully saturated rings. The summed E-state index contributed by atoms with van der Waals surface area (Å²) in [6.45, 7) is 7.81. The lowest BCUT2D eigenvalue weighted by Gasteiger charge is -2.36. The summed E-state index contributed by atoms with van der Waals surface area (Å²) in [7, 11) is -2.52. The number of nitrogens with zero attached hydrogens (tertiary/aromatic N) is 4. The predicted octanol–water partition coefficient (Wildman–Crippen LogP) is 6.24. The lowest BCUT2D eigenvalue weighted by Crippen LogP contribution is -2.48. The van der Waals surface area contributed by atoms with Gasteiger partial charge < -0.3 is 20.1 Å². The Morgan fingerprint density at radius 3 is 2.35 bits per heavy atom. The number of rotatable bonds is 13. The Labute approximate surface area is 317 Å². The second-order valence-corrected chi connectivity index (χ2v) is 15.7. The first-order chi connectivity index (χ1) is 25.9. The van der Waals surface area contributed by atoms with Gasteiger partial charge in [0, 0.05) is 56.6 Å². The molecule has 11 nitrogen and oxygen atoms in total. The van der Waals surface area contributed by atoms with Gasteiger partial charge in [0.05, 0.1) is 10.5 Å². The van der Waals surface area contributed by atoms with Crippen molar-refractivity contribution in [2.75, 3.05) is 19.6 Å². The van der Waals surface area contributed by atoms with Gasteiger partial charge in [0.25, 0.3) is 27.7 Å². The molecule has 0 aliphatic carbocycles. The van der Waals surface area contributed by atoms with Crippen molar-refractivity contribution in [2.24, 2.45) is 12.8 Å². The Bertz CT molecular complexity index is 2310. The predicted molar refractivity (Wildman–Crippen MR) is 211 cm³/mol. The van der Waals surface area contributed by atoms with Crippen LogP contribution in [0.15, 0.2) is 90.0 Å². The second-order valence-electron chi connectivity index (χ2n) is 14.0. The van der Waals surface area contributed by atoms with Crippen LogP contribution in [0.25, 0.3) is 22.2 Å². The zero-order valence-electron chi connectivity index (χ0n) is 31.3. The van der Waals surface area contributed by atoms with Crippen LogP contribution in [-0.2, 0) is 30.0 Å². The second kappa shape index (κ2) is 16.4. The lowest BCUT2D eigenvalue weighted by atomic mass is 9.92. The van der Waals surface area contributed by atoms with Crippen LogP contribution >= 0.6 is 0 Å². The molecule has 5 aromatic rings. The van der Waals surface area contributed by atoms with Gasteiger partial charge in [-0.25, -0.2) is 18.1 Å². The number of fused-ring (bicyclic) bond motifs is 2. The topological polar surface area (TPSA) is 148 Å². The Hall–Kier alpha value is -5.33. The van der Waals surface area contributed by atoms with Crippen molar-refractivity contribution in [3.8, 4) is 11.4 Å². The number of hydrogen-bond acceptors (Lipinski definition) is 7. The van der Waals surface area contributed by atoms with Crippen LogP contribution in [0.4, 0.5) is 0 Å². The molecule has 12 heteroatoms. The summed E-state index contributed by atoms with van der Waals surface area (Å²) in [6, 6.07) is 22.4. The Morgan fingerprint density at radius 2 is 1.65 bits per heavy atom. The number of sulfonamides is 1. The van der Waals surface area contributed by atoms with Crippen LogP contribution in [0.3, 0.4) is 0 Å². The number of carbonyl (C=O) groups is 3. The number of nitrogens with two attached hydrogens (primary N) is 1. The fourth-order valence-corrected chi connectivity index (χ4v) is 8.06. The molecule has 54 heavy (non-hydrogen) atoms. The molecule has 1 aliphatic heterocycles. The van der Waals surface area contributed by atoms with Crippen LogP contribution < -0.4 is 10.5 Å². The summed E-state index contributed by atoms with van der Waals surface area (Å²) in [4.78, 5) is 50.5. The summed E-state index contributed by atoms with van der Waals surface area (Å²) >= 11 is 0. The van der Waals surface area contributed by atoms with E-state index >= 15 is 0 Å². The summed E-state index contributed by atoms with van der Waals surface area (Å²) in [5, 5.41) is 1.64. The minimum atomic E-state index is -4.28. The van der Waals surface area contributed by atoms with Gasteiger partial charge in [0.15, 0.2) is 0 Å². The molecule has 1 atom stereocenters. The van der Waals surface area contributed by atoms with E-state index in [2.05, 4.69) is 18.6 Å². The highest BCUT2D eigenvalue weighted by molar-refractivity contribution is 7.90. The largest absolute Gasteiger partial charge is 0.337 e. The number of carbonyl (C=O) groups excluding carboxylic acids is 3. The normalized spacial score (nSPS) is 14.2. The number of aryl methyl sites for hydroxylation is 2. The van der Waals surface area contributed by atoms with Crippen LogP contribution in [0, 0.1) is 6.92 Å². The Morgan fingerprint density at radius 1 is 0.926 bits per heavy atom. The quantitative estimate of drug-likeness (QED) is 0.145. The highest BCUT2D eigenvalue weighted by atomic mass is 32.2. The molecule has 0 saturated heterocycles.